The molecule has 2 fully saturated rings. The first-order valence-electron chi connectivity index (χ1n) is 7.38. The number of likely N-dealkylation sites (tertiary alicyclic amines) is 1. The average molecular weight is 252 g/mol. The van der Waals surface area contributed by atoms with E-state index in [-0.39, 0.29) is 0 Å². The summed E-state index contributed by atoms with van der Waals surface area (Å²) in [6, 6.07) is 0.479. The summed E-state index contributed by atoms with van der Waals surface area (Å²) in [5.41, 5.74) is 6.12. The molecule has 1 aliphatic heterocycles. The van der Waals surface area contributed by atoms with Gasteiger partial charge in [-0.05, 0) is 38.8 Å². The maximum absolute atomic E-state index is 6.12. The Morgan fingerprint density at radius 1 is 1.28 bits per heavy atom. The van der Waals surface area contributed by atoms with Crippen LogP contribution in [0, 0.1) is 5.92 Å². The molecule has 1 heterocycles. The molecular formula is C14H28N4. The van der Waals surface area contributed by atoms with Crippen LogP contribution < -0.4 is 5.73 Å². The number of guanidine groups is 1. The molecule has 0 radical (unpaired) electrons. The zero-order chi connectivity index (χ0) is 13.0. The minimum absolute atomic E-state index is 0.479. The molecule has 18 heavy (non-hydrogen) atoms. The first-order chi connectivity index (χ1) is 8.65. The zero-order valence-corrected chi connectivity index (χ0v) is 11.9. The molecule has 0 amide bonds. The Kier molecular flexibility index (Phi) is 4.87. The minimum atomic E-state index is 0.479. The van der Waals surface area contributed by atoms with Gasteiger partial charge in [0.2, 0.25) is 0 Å². The molecule has 0 spiro atoms. The first kappa shape index (κ1) is 13.7. The Balaban J connectivity index is 1.79. The molecule has 0 aromatic carbocycles. The molecule has 2 N–H and O–H groups in total. The molecule has 1 atom stereocenters. The summed E-state index contributed by atoms with van der Waals surface area (Å²) >= 11 is 0. The van der Waals surface area contributed by atoms with Gasteiger partial charge in [-0.3, -0.25) is 0 Å². The Morgan fingerprint density at radius 3 is 2.61 bits per heavy atom. The molecule has 4 heteroatoms. The fraction of sp³-hybridized carbons (Fsp3) is 0.929. The lowest BCUT2D eigenvalue weighted by Crippen LogP contribution is -2.39. The van der Waals surface area contributed by atoms with E-state index in [9.17, 15) is 0 Å². The van der Waals surface area contributed by atoms with E-state index in [0.29, 0.717) is 6.04 Å². The van der Waals surface area contributed by atoms with Crippen LogP contribution in [0.3, 0.4) is 0 Å². The smallest absolute Gasteiger partial charge is 0.191 e. The minimum Gasteiger partial charge on any atom is -0.370 e. The van der Waals surface area contributed by atoms with Gasteiger partial charge in [0.05, 0.1) is 6.04 Å². The van der Waals surface area contributed by atoms with Crippen LogP contribution in [0.5, 0.6) is 0 Å². The normalized spacial score (nSPS) is 27.7. The highest BCUT2D eigenvalue weighted by atomic mass is 15.2. The molecule has 0 aromatic heterocycles. The van der Waals surface area contributed by atoms with Crippen LogP contribution >= 0.6 is 0 Å². The number of aliphatic imine (C=N–C) groups is 1. The molecule has 0 aromatic rings. The fourth-order valence-electron chi connectivity index (χ4n) is 3.15. The van der Waals surface area contributed by atoms with Crippen LogP contribution in [-0.4, -0.2) is 55.5 Å². The highest BCUT2D eigenvalue weighted by Gasteiger charge is 2.21. The molecule has 4 nitrogen and oxygen atoms in total. The lowest BCUT2D eigenvalue weighted by molar-refractivity contribution is 0.351. The van der Waals surface area contributed by atoms with Gasteiger partial charge in [-0.2, -0.15) is 0 Å². The van der Waals surface area contributed by atoms with Crippen LogP contribution in [0.2, 0.25) is 0 Å². The second-order valence-electron chi connectivity index (χ2n) is 6.08. The number of nitrogens with zero attached hydrogens (tertiary/aromatic N) is 3. The van der Waals surface area contributed by atoms with Crippen LogP contribution in [0.1, 0.15) is 38.5 Å². The second kappa shape index (κ2) is 6.41. The molecule has 2 rings (SSSR count). The molecule has 1 unspecified atom stereocenters. The van der Waals surface area contributed by atoms with Crippen LogP contribution in [-0.2, 0) is 0 Å². The SMILES string of the molecule is CN1CCC(CN(C)C(N)=NC2CCCCC2)C1. The fourth-order valence-corrected chi connectivity index (χ4v) is 3.15. The molecule has 1 saturated carbocycles. The quantitative estimate of drug-likeness (QED) is 0.612. The van der Waals surface area contributed by atoms with Crippen molar-refractivity contribution < 1.29 is 0 Å². The summed E-state index contributed by atoms with van der Waals surface area (Å²) in [6.07, 6.45) is 7.74. The highest BCUT2D eigenvalue weighted by Crippen LogP contribution is 2.20. The topological polar surface area (TPSA) is 44.9 Å². The highest BCUT2D eigenvalue weighted by molar-refractivity contribution is 5.78. The molecule has 0 bridgehead atoms. The van der Waals surface area contributed by atoms with E-state index >= 15 is 0 Å². The van der Waals surface area contributed by atoms with Gasteiger partial charge in [0, 0.05) is 20.1 Å². The Labute approximate surface area is 111 Å². The second-order valence-corrected chi connectivity index (χ2v) is 6.08. The predicted octanol–water partition coefficient (Wildman–Crippen LogP) is 1.52. The third-order valence-corrected chi connectivity index (χ3v) is 4.30. The van der Waals surface area contributed by atoms with Crippen molar-refractivity contribution in [3.05, 3.63) is 0 Å². The van der Waals surface area contributed by atoms with Gasteiger partial charge in [0.1, 0.15) is 0 Å². The summed E-state index contributed by atoms with van der Waals surface area (Å²) < 4.78 is 0. The monoisotopic (exact) mass is 252 g/mol. The van der Waals surface area contributed by atoms with Gasteiger partial charge in [-0.1, -0.05) is 19.3 Å². The van der Waals surface area contributed by atoms with E-state index in [1.807, 2.05) is 0 Å². The zero-order valence-electron chi connectivity index (χ0n) is 11.9. The molecular weight excluding hydrogens is 224 g/mol. The van der Waals surface area contributed by atoms with Gasteiger partial charge in [0.15, 0.2) is 5.96 Å². The van der Waals surface area contributed by atoms with Crippen molar-refractivity contribution >= 4 is 5.96 Å². The van der Waals surface area contributed by atoms with Gasteiger partial charge in [-0.15, -0.1) is 0 Å². The Morgan fingerprint density at radius 2 is 2.00 bits per heavy atom. The first-order valence-corrected chi connectivity index (χ1v) is 7.38. The van der Waals surface area contributed by atoms with E-state index < -0.39 is 0 Å². The Bertz CT molecular complexity index is 284. The van der Waals surface area contributed by atoms with Gasteiger partial charge >= 0.3 is 0 Å². The van der Waals surface area contributed by atoms with Gasteiger partial charge < -0.3 is 15.5 Å². The summed E-state index contributed by atoms with van der Waals surface area (Å²) in [4.78, 5) is 9.25. The van der Waals surface area contributed by atoms with Crippen molar-refractivity contribution in [3.8, 4) is 0 Å². The lowest BCUT2D eigenvalue weighted by atomic mass is 9.96. The van der Waals surface area contributed by atoms with Crippen molar-refractivity contribution in [2.75, 3.05) is 33.7 Å². The van der Waals surface area contributed by atoms with E-state index in [1.54, 1.807) is 0 Å². The number of rotatable bonds is 3. The molecule has 1 aliphatic carbocycles. The lowest BCUT2D eigenvalue weighted by Gasteiger charge is -2.25. The van der Waals surface area contributed by atoms with Crippen molar-refractivity contribution in [1.82, 2.24) is 9.80 Å². The van der Waals surface area contributed by atoms with E-state index in [2.05, 4.69) is 23.9 Å². The van der Waals surface area contributed by atoms with Crippen molar-refractivity contribution in [3.63, 3.8) is 0 Å². The summed E-state index contributed by atoms with van der Waals surface area (Å²) in [5.74, 6) is 1.50. The molecule has 104 valence electrons. The molecule has 2 aliphatic rings. The average Bonchev–Trinajstić information content (AvgIpc) is 2.76. The van der Waals surface area contributed by atoms with Crippen LogP contribution in [0.25, 0.3) is 0 Å². The van der Waals surface area contributed by atoms with E-state index in [1.165, 1.54) is 51.6 Å². The Hall–Kier alpha value is -0.770. The van der Waals surface area contributed by atoms with Crippen molar-refractivity contribution in [2.24, 2.45) is 16.6 Å². The largest absolute Gasteiger partial charge is 0.370 e. The molecule has 1 saturated heterocycles. The number of nitrogens with two attached hydrogens (primary N) is 1. The third kappa shape index (κ3) is 3.87. The maximum atomic E-state index is 6.12. The van der Waals surface area contributed by atoms with Gasteiger partial charge in [-0.25, -0.2) is 4.99 Å². The summed E-state index contributed by atoms with van der Waals surface area (Å²) in [6.45, 7) is 3.46. The number of hydrogen-bond donors (Lipinski definition) is 1. The maximum Gasteiger partial charge on any atom is 0.191 e. The third-order valence-electron chi connectivity index (χ3n) is 4.30. The summed E-state index contributed by atoms with van der Waals surface area (Å²) in [5, 5.41) is 0. The summed E-state index contributed by atoms with van der Waals surface area (Å²) in [7, 11) is 4.28. The van der Waals surface area contributed by atoms with Crippen molar-refractivity contribution in [2.45, 2.75) is 44.6 Å². The van der Waals surface area contributed by atoms with Crippen molar-refractivity contribution in [1.29, 1.82) is 0 Å². The van der Waals surface area contributed by atoms with E-state index in [0.717, 1.165) is 18.4 Å². The van der Waals surface area contributed by atoms with Gasteiger partial charge in [0.25, 0.3) is 0 Å². The predicted molar refractivity (Wildman–Crippen MR) is 76.7 cm³/mol. The standard InChI is InChI=1S/C14H28N4/c1-17-9-8-12(10-17)11-18(2)14(15)16-13-6-4-3-5-7-13/h12-13H,3-11H2,1-2H3,(H2,15,16). The van der Waals surface area contributed by atoms with Crippen LogP contribution in [0.4, 0.5) is 0 Å². The number of hydrogen-bond acceptors (Lipinski definition) is 2. The van der Waals surface area contributed by atoms with E-state index in [4.69, 9.17) is 10.7 Å². The van der Waals surface area contributed by atoms with Crippen LogP contribution in [0.15, 0.2) is 4.99 Å².